The summed E-state index contributed by atoms with van der Waals surface area (Å²) in [5.41, 5.74) is 4.44. The summed E-state index contributed by atoms with van der Waals surface area (Å²) in [6, 6.07) is 13.7. The molecule has 0 bridgehead atoms. The lowest BCUT2D eigenvalue weighted by Gasteiger charge is -2.22. The summed E-state index contributed by atoms with van der Waals surface area (Å²) >= 11 is 6.17. The zero-order valence-electron chi connectivity index (χ0n) is 19.9. The molecule has 1 fully saturated rings. The number of nitrogens with one attached hydrogen (secondary N) is 2. The number of nitrogens with zero attached hydrogens (tertiary/aromatic N) is 3. The molecule has 8 heteroatoms. The van der Waals surface area contributed by atoms with Crippen LogP contribution in [-0.2, 0) is 6.54 Å². The first kappa shape index (κ1) is 23.3. The molecule has 1 aliphatic carbocycles. The van der Waals surface area contributed by atoms with E-state index in [9.17, 15) is 4.79 Å². The highest BCUT2D eigenvalue weighted by Crippen LogP contribution is 2.32. The van der Waals surface area contributed by atoms with Crippen LogP contribution in [0.3, 0.4) is 0 Å². The predicted molar refractivity (Wildman–Crippen MR) is 138 cm³/mol. The highest BCUT2D eigenvalue weighted by Gasteiger charge is 2.21. The third kappa shape index (κ3) is 5.15. The zero-order chi connectivity index (χ0) is 24.4. The van der Waals surface area contributed by atoms with Crippen LogP contribution in [0.5, 0.6) is 0 Å². The number of aryl methyl sites for hydroxylation is 2. The maximum absolute atomic E-state index is 13.1. The highest BCUT2D eigenvalue weighted by atomic mass is 35.5. The molecule has 0 unspecified atom stereocenters. The van der Waals surface area contributed by atoms with Crippen molar-refractivity contribution in [3.8, 4) is 11.1 Å². The van der Waals surface area contributed by atoms with E-state index in [4.69, 9.17) is 16.1 Å². The fourth-order valence-electron chi connectivity index (χ4n) is 4.74. The number of rotatable bonds is 6. The van der Waals surface area contributed by atoms with Gasteiger partial charge in [-0.1, -0.05) is 54.2 Å². The minimum absolute atomic E-state index is 0.168. The molecule has 180 valence electrons. The van der Waals surface area contributed by atoms with Gasteiger partial charge in [-0.15, -0.1) is 0 Å². The van der Waals surface area contributed by atoms with E-state index in [-0.39, 0.29) is 17.8 Å². The molecule has 4 aromatic rings. The Kier molecular flexibility index (Phi) is 6.68. The molecule has 5 rings (SSSR count). The van der Waals surface area contributed by atoms with Crippen molar-refractivity contribution in [2.45, 2.75) is 58.5 Å². The lowest BCUT2D eigenvalue weighted by molar-refractivity contribution is 0.0917. The number of carbonyl (C=O) groups is 1. The summed E-state index contributed by atoms with van der Waals surface area (Å²) in [6.07, 6.45) is 5.50. The van der Waals surface area contributed by atoms with Gasteiger partial charge in [-0.05, 0) is 62.1 Å². The van der Waals surface area contributed by atoms with Crippen molar-refractivity contribution in [3.63, 3.8) is 0 Å². The van der Waals surface area contributed by atoms with Crippen molar-refractivity contribution in [1.82, 2.24) is 20.4 Å². The van der Waals surface area contributed by atoms with Gasteiger partial charge in [0.15, 0.2) is 0 Å². The van der Waals surface area contributed by atoms with Crippen LogP contribution in [0.4, 0.5) is 5.82 Å². The van der Waals surface area contributed by atoms with Gasteiger partial charge < -0.3 is 15.2 Å². The average Bonchev–Trinajstić information content (AvgIpc) is 3.20. The van der Waals surface area contributed by atoms with Crippen LogP contribution in [-0.4, -0.2) is 27.1 Å². The Hall–Kier alpha value is -3.45. The molecular formula is C27H28ClN5O2. The first-order valence-corrected chi connectivity index (χ1v) is 12.4. The number of aromatic nitrogens is 3. The van der Waals surface area contributed by atoms with E-state index in [2.05, 4.69) is 25.8 Å². The highest BCUT2D eigenvalue weighted by molar-refractivity contribution is 6.30. The normalized spacial score (nSPS) is 14.3. The molecule has 0 saturated heterocycles. The van der Waals surface area contributed by atoms with Crippen molar-refractivity contribution in [1.29, 1.82) is 0 Å². The SMILES string of the molecule is Cc1noc(C)c1-c1ccc2nc(C(=O)NC3CCCCC3)nc(NCc3cccc(Cl)c3)c2c1. The molecule has 0 radical (unpaired) electrons. The molecule has 1 saturated carbocycles. The molecule has 35 heavy (non-hydrogen) atoms. The van der Waals surface area contributed by atoms with Crippen LogP contribution in [0.2, 0.25) is 5.02 Å². The summed E-state index contributed by atoms with van der Waals surface area (Å²) in [4.78, 5) is 22.3. The van der Waals surface area contributed by atoms with E-state index in [1.54, 1.807) is 0 Å². The van der Waals surface area contributed by atoms with Crippen LogP contribution >= 0.6 is 11.6 Å². The van der Waals surface area contributed by atoms with Gasteiger partial charge in [-0.3, -0.25) is 4.79 Å². The second-order valence-corrected chi connectivity index (χ2v) is 9.56. The second-order valence-electron chi connectivity index (χ2n) is 9.12. The number of halogens is 1. The maximum Gasteiger partial charge on any atom is 0.289 e. The van der Waals surface area contributed by atoms with E-state index >= 15 is 0 Å². The molecule has 2 aromatic carbocycles. The lowest BCUT2D eigenvalue weighted by atomic mass is 9.95. The number of benzene rings is 2. The standard InChI is InChI=1S/C27H28ClN5O2/c1-16-24(17(2)35-33-16)19-11-12-23-22(14-19)25(29-15-18-7-6-8-20(28)13-18)32-26(31-23)27(34)30-21-9-4-3-5-10-21/h6-8,11-14,21H,3-5,9-10,15H2,1-2H3,(H,30,34)(H,29,31,32). The van der Waals surface area contributed by atoms with Gasteiger partial charge >= 0.3 is 0 Å². The summed E-state index contributed by atoms with van der Waals surface area (Å²) in [6.45, 7) is 4.32. The minimum atomic E-state index is -0.237. The Balaban J connectivity index is 1.52. The van der Waals surface area contributed by atoms with E-state index in [0.717, 1.165) is 59.2 Å². The number of fused-ring (bicyclic) bond motifs is 1. The molecule has 1 aliphatic rings. The van der Waals surface area contributed by atoms with Gasteiger partial charge in [0.05, 0.1) is 11.2 Å². The summed E-state index contributed by atoms with van der Waals surface area (Å²) < 4.78 is 5.37. The van der Waals surface area contributed by atoms with E-state index < -0.39 is 0 Å². The van der Waals surface area contributed by atoms with Gasteiger partial charge in [0.25, 0.3) is 5.91 Å². The number of anilines is 1. The molecule has 7 nitrogen and oxygen atoms in total. The summed E-state index contributed by atoms with van der Waals surface area (Å²) in [5.74, 6) is 1.28. The fourth-order valence-corrected chi connectivity index (χ4v) is 4.96. The van der Waals surface area contributed by atoms with Gasteiger partial charge in [-0.2, -0.15) is 0 Å². The summed E-state index contributed by atoms with van der Waals surface area (Å²) in [5, 5.41) is 12.1. The van der Waals surface area contributed by atoms with Gasteiger partial charge in [0.1, 0.15) is 11.6 Å². The predicted octanol–water partition coefficient (Wildman–Crippen LogP) is 6.23. The van der Waals surface area contributed by atoms with Crippen LogP contribution in [0.15, 0.2) is 47.0 Å². The molecule has 2 N–H and O–H groups in total. The van der Waals surface area contributed by atoms with Crippen LogP contribution in [0, 0.1) is 13.8 Å². The van der Waals surface area contributed by atoms with Crippen molar-refractivity contribution in [2.75, 3.05) is 5.32 Å². The lowest BCUT2D eigenvalue weighted by Crippen LogP contribution is -2.37. The van der Waals surface area contributed by atoms with Gasteiger partial charge in [0, 0.05) is 28.6 Å². The van der Waals surface area contributed by atoms with Gasteiger partial charge in [-0.25, -0.2) is 9.97 Å². The van der Waals surface area contributed by atoms with Gasteiger partial charge in [0.2, 0.25) is 5.82 Å². The number of carbonyl (C=O) groups excluding carboxylic acids is 1. The Morgan fingerprint density at radius 2 is 1.91 bits per heavy atom. The molecule has 0 spiro atoms. The average molecular weight is 490 g/mol. The Bertz CT molecular complexity index is 1360. The summed E-state index contributed by atoms with van der Waals surface area (Å²) in [7, 11) is 0. The number of hydrogen-bond donors (Lipinski definition) is 2. The fraction of sp³-hybridized carbons (Fsp3) is 0.333. The van der Waals surface area contributed by atoms with Crippen molar-refractivity contribution < 1.29 is 9.32 Å². The van der Waals surface area contributed by atoms with E-state index in [0.29, 0.717) is 22.9 Å². The van der Waals surface area contributed by atoms with Crippen molar-refractivity contribution >= 4 is 34.2 Å². The Morgan fingerprint density at radius 3 is 2.66 bits per heavy atom. The van der Waals surface area contributed by atoms with Crippen molar-refractivity contribution in [2.24, 2.45) is 0 Å². The second kappa shape index (κ2) is 10.0. The molecule has 2 aromatic heterocycles. The minimum Gasteiger partial charge on any atom is -0.365 e. The molecule has 1 amide bonds. The topological polar surface area (TPSA) is 92.9 Å². The number of hydrogen-bond acceptors (Lipinski definition) is 6. The first-order chi connectivity index (χ1) is 17.0. The smallest absolute Gasteiger partial charge is 0.289 e. The van der Waals surface area contributed by atoms with Crippen LogP contribution < -0.4 is 10.6 Å². The van der Waals surface area contributed by atoms with E-state index in [1.165, 1.54) is 6.42 Å². The molecule has 2 heterocycles. The molecular weight excluding hydrogens is 462 g/mol. The van der Waals surface area contributed by atoms with Crippen LogP contribution in [0.25, 0.3) is 22.0 Å². The first-order valence-electron chi connectivity index (χ1n) is 12.0. The third-order valence-corrected chi connectivity index (χ3v) is 6.75. The quantitative estimate of drug-likeness (QED) is 0.333. The Labute approximate surface area is 209 Å². The molecule has 0 aliphatic heterocycles. The monoisotopic (exact) mass is 489 g/mol. The Morgan fingerprint density at radius 1 is 1.09 bits per heavy atom. The largest absolute Gasteiger partial charge is 0.365 e. The van der Waals surface area contributed by atoms with Crippen molar-refractivity contribution in [3.05, 3.63) is 70.3 Å². The number of amides is 1. The zero-order valence-corrected chi connectivity index (χ0v) is 20.7. The maximum atomic E-state index is 13.1. The third-order valence-electron chi connectivity index (χ3n) is 6.51. The molecule has 0 atom stereocenters. The van der Waals surface area contributed by atoms with Crippen LogP contribution in [0.1, 0.15) is 59.7 Å². The van der Waals surface area contributed by atoms with E-state index in [1.807, 2.05) is 56.3 Å².